The number of rotatable bonds is 5. The Kier molecular flexibility index (Phi) is 4.34. The number of aryl methyl sites for hydroxylation is 1. The number of carbonyl (C=O) groups excluding carboxylic acids is 1. The molecule has 1 aliphatic heterocycles. The van der Waals surface area contributed by atoms with Gasteiger partial charge in [-0.05, 0) is 38.7 Å². The zero-order valence-corrected chi connectivity index (χ0v) is 12.5. The van der Waals surface area contributed by atoms with Crippen LogP contribution >= 0.6 is 0 Å². The van der Waals surface area contributed by atoms with E-state index in [1.54, 1.807) is 6.20 Å². The van der Waals surface area contributed by atoms with Crippen LogP contribution < -0.4 is 10.6 Å². The van der Waals surface area contributed by atoms with Crippen LogP contribution in [0.15, 0.2) is 12.3 Å². The van der Waals surface area contributed by atoms with E-state index < -0.39 is 0 Å². The summed E-state index contributed by atoms with van der Waals surface area (Å²) < 4.78 is 0. The number of aromatic nitrogens is 2. The Hall–Kier alpha value is -1.69. The number of nitrogens with one attached hydrogen (secondary N) is 2. The van der Waals surface area contributed by atoms with E-state index in [4.69, 9.17) is 0 Å². The van der Waals surface area contributed by atoms with E-state index in [1.807, 2.05) is 13.0 Å². The minimum absolute atomic E-state index is 0.176. The van der Waals surface area contributed by atoms with Gasteiger partial charge in [-0.3, -0.25) is 9.69 Å². The molecule has 1 aromatic rings. The fraction of sp³-hybridized carbons (Fsp3) is 0.667. The van der Waals surface area contributed by atoms with E-state index in [0.29, 0.717) is 18.6 Å². The number of carbonyl (C=O) groups is 1. The molecule has 0 bridgehead atoms. The van der Waals surface area contributed by atoms with Crippen LogP contribution in [0.25, 0.3) is 0 Å². The summed E-state index contributed by atoms with van der Waals surface area (Å²) in [5.41, 5.74) is 0. The zero-order valence-electron chi connectivity index (χ0n) is 12.5. The highest BCUT2D eigenvalue weighted by molar-refractivity contribution is 5.78. The number of amides is 1. The molecule has 2 aliphatic rings. The van der Waals surface area contributed by atoms with Crippen LogP contribution in [0.4, 0.5) is 5.82 Å². The Morgan fingerprint density at radius 1 is 1.29 bits per heavy atom. The maximum absolute atomic E-state index is 11.8. The molecule has 0 radical (unpaired) electrons. The molecule has 2 N–H and O–H groups in total. The molecular formula is C15H23N5O. The van der Waals surface area contributed by atoms with Crippen LogP contribution in [0.1, 0.15) is 31.5 Å². The van der Waals surface area contributed by atoms with Gasteiger partial charge >= 0.3 is 0 Å². The Labute approximate surface area is 125 Å². The van der Waals surface area contributed by atoms with Gasteiger partial charge in [-0.2, -0.15) is 0 Å². The van der Waals surface area contributed by atoms with E-state index in [0.717, 1.165) is 50.4 Å². The minimum Gasteiger partial charge on any atom is -0.367 e. The van der Waals surface area contributed by atoms with Gasteiger partial charge in [0.2, 0.25) is 5.91 Å². The van der Waals surface area contributed by atoms with Gasteiger partial charge in [0.15, 0.2) is 0 Å². The second kappa shape index (κ2) is 6.39. The molecular weight excluding hydrogens is 266 g/mol. The zero-order chi connectivity index (χ0) is 14.7. The van der Waals surface area contributed by atoms with Crippen molar-refractivity contribution in [2.24, 2.45) is 0 Å². The second-order valence-electron chi connectivity index (χ2n) is 6.03. The molecule has 2 fully saturated rings. The van der Waals surface area contributed by atoms with Gasteiger partial charge in [-0.1, -0.05) is 0 Å². The van der Waals surface area contributed by atoms with E-state index >= 15 is 0 Å². The Bertz CT molecular complexity index is 495. The number of hydrogen-bond donors (Lipinski definition) is 2. The Balaban J connectivity index is 1.41. The van der Waals surface area contributed by atoms with E-state index in [9.17, 15) is 4.79 Å². The number of anilines is 1. The summed E-state index contributed by atoms with van der Waals surface area (Å²) in [7, 11) is 0. The maximum atomic E-state index is 11.8. The summed E-state index contributed by atoms with van der Waals surface area (Å²) >= 11 is 0. The molecule has 0 aromatic carbocycles. The molecule has 6 nitrogen and oxygen atoms in total. The first kappa shape index (κ1) is 14.3. The molecule has 0 atom stereocenters. The van der Waals surface area contributed by atoms with Crippen molar-refractivity contribution in [1.29, 1.82) is 0 Å². The lowest BCUT2D eigenvalue weighted by atomic mass is 10.1. The van der Waals surface area contributed by atoms with E-state index in [-0.39, 0.29) is 5.91 Å². The highest BCUT2D eigenvalue weighted by Crippen LogP contribution is 2.19. The molecule has 1 aromatic heterocycles. The van der Waals surface area contributed by atoms with Crippen molar-refractivity contribution in [2.75, 3.05) is 25.0 Å². The topological polar surface area (TPSA) is 70.2 Å². The fourth-order valence-electron chi connectivity index (χ4n) is 2.69. The van der Waals surface area contributed by atoms with Gasteiger partial charge in [-0.15, -0.1) is 0 Å². The first-order chi connectivity index (χ1) is 10.2. The van der Waals surface area contributed by atoms with Crippen LogP contribution in [0.5, 0.6) is 0 Å². The van der Waals surface area contributed by atoms with Crippen molar-refractivity contribution in [1.82, 2.24) is 20.2 Å². The van der Waals surface area contributed by atoms with Crippen molar-refractivity contribution in [3.05, 3.63) is 18.1 Å². The standard InChI is InChI=1S/C15H23N5O/c1-11-16-7-4-14(17-11)18-13-5-8-20(9-6-13)10-15(21)19-12-2-3-12/h4,7,12-13H,2-3,5-6,8-10H2,1H3,(H,19,21)(H,16,17,18). The molecule has 1 aliphatic carbocycles. The molecule has 0 unspecified atom stereocenters. The van der Waals surface area contributed by atoms with E-state index in [1.165, 1.54) is 0 Å². The predicted molar refractivity (Wildman–Crippen MR) is 81.0 cm³/mol. The van der Waals surface area contributed by atoms with Crippen molar-refractivity contribution in [3.63, 3.8) is 0 Å². The molecule has 3 rings (SSSR count). The first-order valence-corrected chi connectivity index (χ1v) is 7.77. The Morgan fingerprint density at radius 2 is 2.05 bits per heavy atom. The lowest BCUT2D eigenvalue weighted by molar-refractivity contribution is -0.122. The summed E-state index contributed by atoms with van der Waals surface area (Å²) in [6.07, 6.45) is 6.16. The lowest BCUT2D eigenvalue weighted by Gasteiger charge is -2.32. The van der Waals surface area contributed by atoms with Gasteiger partial charge in [0.05, 0.1) is 6.54 Å². The van der Waals surface area contributed by atoms with Gasteiger partial charge in [0.25, 0.3) is 0 Å². The van der Waals surface area contributed by atoms with Crippen molar-refractivity contribution in [2.45, 2.75) is 44.7 Å². The quantitative estimate of drug-likeness (QED) is 0.844. The third-order valence-corrected chi connectivity index (χ3v) is 4.03. The number of piperidine rings is 1. The lowest BCUT2D eigenvalue weighted by Crippen LogP contribution is -2.44. The molecule has 21 heavy (non-hydrogen) atoms. The average molecular weight is 289 g/mol. The van der Waals surface area contributed by atoms with Crippen molar-refractivity contribution < 1.29 is 4.79 Å². The summed E-state index contributed by atoms with van der Waals surface area (Å²) in [5.74, 6) is 1.86. The predicted octanol–water partition coefficient (Wildman–Crippen LogP) is 0.940. The number of nitrogens with zero attached hydrogens (tertiary/aromatic N) is 3. The molecule has 1 amide bonds. The smallest absolute Gasteiger partial charge is 0.234 e. The van der Waals surface area contributed by atoms with Crippen LogP contribution in [-0.4, -0.2) is 52.5 Å². The summed E-state index contributed by atoms with van der Waals surface area (Å²) in [6.45, 7) is 4.35. The summed E-state index contributed by atoms with van der Waals surface area (Å²) in [5, 5.41) is 6.50. The van der Waals surface area contributed by atoms with Crippen LogP contribution in [-0.2, 0) is 4.79 Å². The Morgan fingerprint density at radius 3 is 2.71 bits per heavy atom. The largest absolute Gasteiger partial charge is 0.367 e. The SMILES string of the molecule is Cc1nccc(NC2CCN(CC(=O)NC3CC3)CC2)n1. The van der Waals surface area contributed by atoms with Crippen LogP contribution in [0.2, 0.25) is 0 Å². The van der Waals surface area contributed by atoms with Gasteiger partial charge in [0.1, 0.15) is 11.6 Å². The second-order valence-corrected chi connectivity index (χ2v) is 6.03. The number of hydrogen-bond acceptors (Lipinski definition) is 5. The molecule has 0 spiro atoms. The van der Waals surface area contributed by atoms with Crippen molar-refractivity contribution >= 4 is 11.7 Å². The molecule has 1 saturated carbocycles. The highest BCUT2D eigenvalue weighted by Gasteiger charge is 2.25. The van der Waals surface area contributed by atoms with Gasteiger partial charge in [-0.25, -0.2) is 9.97 Å². The fourth-order valence-corrected chi connectivity index (χ4v) is 2.69. The van der Waals surface area contributed by atoms with Gasteiger partial charge in [0, 0.05) is 31.4 Å². The number of likely N-dealkylation sites (tertiary alicyclic amines) is 1. The molecule has 6 heteroatoms. The highest BCUT2D eigenvalue weighted by atomic mass is 16.2. The maximum Gasteiger partial charge on any atom is 0.234 e. The average Bonchev–Trinajstić information content (AvgIpc) is 3.25. The molecule has 1 saturated heterocycles. The third-order valence-electron chi connectivity index (χ3n) is 4.03. The van der Waals surface area contributed by atoms with Crippen molar-refractivity contribution in [3.8, 4) is 0 Å². The van der Waals surface area contributed by atoms with E-state index in [2.05, 4.69) is 25.5 Å². The monoisotopic (exact) mass is 289 g/mol. The molecule has 114 valence electrons. The molecule has 2 heterocycles. The normalized spacial score (nSPS) is 20.2. The minimum atomic E-state index is 0.176. The summed E-state index contributed by atoms with van der Waals surface area (Å²) in [4.78, 5) is 22.5. The first-order valence-electron chi connectivity index (χ1n) is 7.77. The third kappa shape index (κ3) is 4.39. The van der Waals surface area contributed by atoms with Crippen LogP contribution in [0.3, 0.4) is 0 Å². The van der Waals surface area contributed by atoms with Crippen LogP contribution in [0, 0.1) is 6.92 Å². The van der Waals surface area contributed by atoms with Gasteiger partial charge < -0.3 is 10.6 Å². The summed E-state index contributed by atoms with van der Waals surface area (Å²) in [6, 6.07) is 2.79.